The van der Waals surface area contributed by atoms with Crippen molar-refractivity contribution in [2.45, 2.75) is 25.9 Å². The monoisotopic (exact) mass is 463 g/mol. The second-order valence-corrected chi connectivity index (χ2v) is 7.89. The van der Waals surface area contributed by atoms with Crippen molar-refractivity contribution < 1.29 is 23.9 Å². The lowest BCUT2D eigenvalue weighted by Crippen LogP contribution is -2.32. The van der Waals surface area contributed by atoms with Gasteiger partial charge >= 0.3 is 5.97 Å². The molecule has 1 amide bonds. The lowest BCUT2D eigenvalue weighted by molar-refractivity contribution is -0.151. The Labute approximate surface area is 191 Å². The Morgan fingerprint density at radius 1 is 1.16 bits per heavy atom. The van der Waals surface area contributed by atoms with E-state index in [2.05, 4.69) is 0 Å². The summed E-state index contributed by atoms with van der Waals surface area (Å²) in [5.74, 6) is -1.11. The lowest BCUT2D eigenvalue weighted by atomic mass is 10.0. The summed E-state index contributed by atoms with van der Waals surface area (Å²) in [6, 6.07) is 13.5. The SMILES string of the molecule is CCOc1ccccc1N1C[C@H](C(=O)O[C@H](CCCl)C(=O)c2ccc(Cl)cc2)CC1=O. The van der Waals surface area contributed by atoms with Crippen molar-refractivity contribution in [2.75, 3.05) is 23.9 Å². The van der Waals surface area contributed by atoms with Crippen LogP contribution in [0.4, 0.5) is 5.69 Å². The molecule has 0 N–H and O–H groups in total. The number of carbonyl (C=O) groups is 3. The number of esters is 1. The minimum Gasteiger partial charge on any atom is -0.492 e. The van der Waals surface area contributed by atoms with Gasteiger partial charge in [-0.2, -0.15) is 0 Å². The zero-order valence-electron chi connectivity index (χ0n) is 17.1. The number of alkyl halides is 1. The van der Waals surface area contributed by atoms with Crippen LogP contribution in [0.15, 0.2) is 48.5 Å². The summed E-state index contributed by atoms with van der Waals surface area (Å²) in [4.78, 5) is 39.7. The summed E-state index contributed by atoms with van der Waals surface area (Å²) in [5, 5.41) is 0.499. The van der Waals surface area contributed by atoms with Gasteiger partial charge in [0.25, 0.3) is 0 Å². The third-order valence-corrected chi connectivity index (χ3v) is 5.44. The fourth-order valence-electron chi connectivity index (χ4n) is 3.44. The number of hydrogen-bond donors (Lipinski definition) is 0. The van der Waals surface area contributed by atoms with Gasteiger partial charge in [0.05, 0.1) is 18.2 Å². The summed E-state index contributed by atoms with van der Waals surface area (Å²) in [6.07, 6.45) is -0.847. The van der Waals surface area contributed by atoms with Crippen molar-refractivity contribution in [3.8, 4) is 5.75 Å². The number of rotatable bonds is 9. The molecule has 164 valence electrons. The molecule has 31 heavy (non-hydrogen) atoms. The number of nitrogens with zero attached hydrogens (tertiary/aromatic N) is 1. The minimum atomic E-state index is -1.02. The summed E-state index contributed by atoms with van der Waals surface area (Å²) in [6.45, 7) is 2.47. The van der Waals surface area contributed by atoms with Gasteiger partial charge in [0.1, 0.15) is 5.75 Å². The van der Waals surface area contributed by atoms with Crippen LogP contribution in [0.3, 0.4) is 0 Å². The predicted molar refractivity (Wildman–Crippen MR) is 119 cm³/mol. The van der Waals surface area contributed by atoms with E-state index in [0.717, 1.165) is 0 Å². The Morgan fingerprint density at radius 3 is 2.55 bits per heavy atom. The van der Waals surface area contributed by atoms with E-state index in [-0.39, 0.29) is 37.0 Å². The van der Waals surface area contributed by atoms with E-state index < -0.39 is 18.0 Å². The lowest BCUT2D eigenvalue weighted by Gasteiger charge is -2.21. The average molecular weight is 464 g/mol. The maximum atomic E-state index is 12.8. The van der Waals surface area contributed by atoms with Crippen LogP contribution in [0, 0.1) is 5.92 Å². The molecule has 0 bridgehead atoms. The molecule has 0 unspecified atom stereocenters. The molecule has 2 aromatic rings. The second kappa shape index (κ2) is 10.6. The van der Waals surface area contributed by atoms with Crippen LogP contribution < -0.4 is 9.64 Å². The van der Waals surface area contributed by atoms with E-state index in [1.54, 1.807) is 42.5 Å². The molecular weight excluding hydrogens is 441 g/mol. The van der Waals surface area contributed by atoms with E-state index in [1.807, 2.05) is 13.0 Å². The van der Waals surface area contributed by atoms with Gasteiger partial charge in [0.2, 0.25) is 11.7 Å². The van der Waals surface area contributed by atoms with Crippen LogP contribution in [0.1, 0.15) is 30.1 Å². The molecular formula is C23H23Cl2NO5. The Morgan fingerprint density at radius 2 is 1.87 bits per heavy atom. The number of anilines is 1. The van der Waals surface area contributed by atoms with E-state index in [9.17, 15) is 14.4 Å². The number of ketones is 1. The molecule has 3 rings (SSSR count). The van der Waals surface area contributed by atoms with Gasteiger partial charge in [-0.25, -0.2) is 0 Å². The first-order valence-corrected chi connectivity index (χ1v) is 10.9. The highest BCUT2D eigenvalue weighted by Gasteiger charge is 2.38. The van der Waals surface area contributed by atoms with Crippen LogP contribution >= 0.6 is 23.2 Å². The van der Waals surface area contributed by atoms with Gasteiger partial charge in [-0.3, -0.25) is 14.4 Å². The maximum Gasteiger partial charge on any atom is 0.312 e. The molecule has 0 saturated carbocycles. The molecule has 0 aromatic heterocycles. The highest BCUT2D eigenvalue weighted by molar-refractivity contribution is 6.30. The third kappa shape index (κ3) is 5.57. The zero-order valence-corrected chi connectivity index (χ0v) is 18.6. The fraction of sp³-hybridized carbons (Fsp3) is 0.348. The number of hydrogen-bond acceptors (Lipinski definition) is 5. The summed E-state index contributed by atoms with van der Waals surface area (Å²) in [7, 11) is 0. The van der Waals surface area contributed by atoms with E-state index in [4.69, 9.17) is 32.7 Å². The van der Waals surface area contributed by atoms with E-state index in [1.165, 1.54) is 4.90 Å². The first-order chi connectivity index (χ1) is 14.9. The van der Waals surface area contributed by atoms with Crippen molar-refractivity contribution in [3.63, 3.8) is 0 Å². The van der Waals surface area contributed by atoms with Gasteiger partial charge in [-0.05, 0) is 43.3 Å². The number of para-hydroxylation sites is 2. The van der Waals surface area contributed by atoms with Crippen molar-refractivity contribution in [1.82, 2.24) is 0 Å². The van der Waals surface area contributed by atoms with Crippen molar-refractivity contribution in [1.29, 1.82) is 0 Å². The number of carbonyl (C=O) groups excluding carboxylic acids is 3. The van der Waals surface area contributed by atoms with Gasteiger partial charge < -0.3 is 14.4 Å². The smallest absolute Gasteiger partial charge is 0.312 e. The molecule has 0 radical (unpaired) electrons. The van der Waals surface area contributed by atoms with Crippen molar-refractivity contribution >= 4 is 46.5 Å². The van der Waals surface area contributed by atoms with E-state index in [0.29, 0.717) is 28.6 Å². The number of halogens is 2. The summed E-state index contributed by atoms with van der Waals surface area (Å²) < 4.78 is 11.1. The maximum absolute atomic E-state index is 12.8. The molecule has 0 aliphatic carbocycles. The van der Waals surface area contributed by atoms with Crippen LogP contribution in [-0.2, 0) is 14.3 Å². The Kier molecular flexibility index (Phi) is 7.93. The average Bonchev–Trinajstić information content (AvgIpc) is 3.15. The highest BCUT2D eigenvalue weighted by Crippen LogP contribution is 2.33. The predicted octanol–water partition coefficient (Wildman–Crippen LogP) is 4.52. The Balaban J connectivity index is 1.71. The van der Waals surface area contributed by atoms with Crippen LogP contribution in [-0.4, -0.2) is 42.8 Å². The summed E-state index contributed by atoms with van der Waals surface area (Å²) in [5.41, 5.74) is 0.987. The summed E-state index contributed by atoms with van der Waals surface area (Å²) >= 11 is 11.7. The molecule has 0 spiro atoms. The quantitative estimate of drug-likeness (QED) is 0.310. The zero-order chi connectivity index (χ0) is 22.4. The van der Waals surface area contributed by atoms with Crippen LogP contribution in [0.25, 0.3) is 0 Å². The molecule has 1 saturated heterocycles. The molecule has 2 aromatic carbocycles. The minimum absolute atomic E-state index is 0.00201. The molecule has 1 fully saturated rings. The number of benzene rings is 2. The number of amides is 1. The first-order valence-electron chi connectivity index (χ1n) is 10.0. The van der Waals surface area contributed by atoms with Crippen molar-refractivity contribution in [3.05, 3.63) is 59.1 Å². The number of ether oxygens (including phenoxy) is 2. The van der Waals surface area contributed by atoms with Gasteiger partial charge in [0, 0.05) is 35.9 Å². The first kappa shape index (κ1) is 23.1. The molecule has 1 aliphatic heterocycles. The van der Waals surface area contributed by atoms with Gasteiger partial charge in [0.15, 0.2) is 6.10 Å². The molecule has 6 nitrogen and oxygen atoms in total. The largest absolute Gasteiger partial charge is 0.492 e. The van der Waals surface area contributed by atoms with Crippen LogP contribution in [0.2, 0.25) is 5.02 Å². The standard InChI is InChI=1S/C23H23Cl2NO5/c1-2-30-19-6-4-3-5-18(19)26-14-16(13-21(26)27)23(29)31-20(11-12-24)22(28)15-7-9-17(25)10-8-15/h3-10,16,20H,2,11-14H2,1H3/t16-,20-/m1/s1. The molecule has 1 heterocycles. The fourth-order valence-corrected chi connectivity index (χ4v) is 3.76. The number of Topliss-reactive ketones (excluding diaryl/α,β-unsaturated/α-hetero) is 1. The highest BCUT2D eigenvalue weighted by atomic mass is 35.5. The van der Waals surface area contributed by atoms with Gasteiger partial charge in [-0.1, -0.05) is 23.7 Å². The molecule has 1 aliphatic rings. The topological polar surface area (TPSA) is 72.9 Å². The molecule has 8 heteroatoms. The van der Waals surface area contributed by atoms with Crippen LogP contribution in [0.5, 0.6) is 5.75 Å². The third-order valence-electron chi connectivity index (χ3n) is 4.97. The molecule has 2 atom stereocenters. The Bertz CT molecular complexity index is 947. The second-order valence-electron chi connectivity index (χ2n) is 7.08. The van der Waals surface area contributed by atoms with Gasteiger partial charge in [-0.15, -0.1) is 11.6 Å². The van der Waals surface area contributed by atoms with E-state index >= 15 is 0 Å². The van der Waals surface area contributed by atoms with Crippen molar-refractivity contribution in [2.24, 2.45) is 5.92 Å². The normalized spacial score (nSPS) is 16.8. The Hall–Kier alpha value is -2.57.